The Kier molecular flexibility index (Phi) is 7.07. The van der Waals surface area contributed by atoms with Crippen LogP contribution in [0.2, 0.25) is 0 Å². The monoisotopic (exact) mass is 530 g/mol. The number of amides is 2. The summed E-state index contributed by atoms with van der Waals surface area (Å²) in [5.74, 6) is -1.90. The average molecular weight is 531 g/mol. The molecule has 1 aromatic carbocycles. The molecule has 2 amide bonds. The van der Waals surface area contributed by atoms with Crippen LogP contribution < -0.4 is 9.47 Å². The topological polar surface area (TPSA) is 121 Å². The van der Waals surface area contributed by atoms with Crippen molar-refractivity contribution in [2.75, 3.05) is 21.3 Å². The quantitative estimate of drug-likeness (QED) is 0.418. The molecule has 38 heavy (non-hydrogen) atoms. The molecule has 3 aliphatic heterocycles. The van der Waals surface area contributed by atoms with Gasteiger partial charge in [-0.05, 0) is 59.2 Å². The Bertz CT molecular complexity index is 1200. The third-order valence-corrected chi connectivity index (χ3v) is 6.75. The van der Waals surface area contributed by atoms with Gasteiger partial charge in [0.2, 0.25) is 0 Å². The number of rotatable bonds is 5. The summed E-state index contributed by atoms with van der Waals surface area (Å²) in [5, 5.41) is 0. The standard InChI is InChI=1S/C27H34N2O9/c1-13(2)37-26(33)29-17-12-15(24(31)38-27(3,4)5)21(29)16-11-14-18(34-6)9-10-19(35-7)20(14)22(25(32)36-8)28(16)23(17)30/h9-11,13,15,17,21-22H,12H2,1-8H3/t15-,17+,21-,22+/m0/s1. The van der Waals surface area contributed by atoms with Crippen LogP contribution in [-0.2, 0) is 28.6 Å². The van der Waals surface area contributed by atoms with Crippen LogP contribution in [0, 0.1) is 5.92 Å². The maximum atomic E-state index is 14.1. The molecular formula is C27H34N2O9. The van der Waals surface area contributed by atoms with Crippen molar-refractivity contribution in [2.24, 2.45) is 5.92 Å². The molecule has 4 atom stereocenters. The van der Waals surface area contributed by atoms with Gasteiger partial charge in [0.15, 0.2) is 6.04 Å². The predicted octanol–water partition coefficient (Wildman–Crippen LogP) is 3.06. The van der Waals surface area contributed by atoms with Gasteiger partial charge in [-0.25, -0.2) is 9.59 Å². The third-order valence-electron chi connectivity index (χ3n) is 6.75. The number of methoxy groups -OCH3 is 3. The molecule has 1 aromatic rings. The van der Waals surface area contributed by atoms with E-state index in [1.807, 2.05) is 0 Å². The molecule has 0 unspecified atom stereocenters. The molecule has 2 fully saturated rings. The van der Waals surface area contributed by atoms with E-state index in [1.165, 1.54) is 31.1 Å². The van der Waals surface area contributed by atoms with Crippen LogP contribution in [0.3, 0.4) is 0 Å². The number of ether oxygens (including phenoxy) is 5. The molecular weight excluding hydrogens is 496 g/mol. The van der Waals surface area contributed by atoms with Gasteiger partial charge in [-0.15, -0.1) is 0 Å². The van der Waals surface area contributed by atoms with E-state index in [9.17, 15) is 19.2 Å². The highest BCUT2D eigenvalue weighted by Gasteiger charge is 2.62. The first-order chi connectivity index (χ1) is 17.8. The van der Waals surface area contributed by atoms with Crippen LogP contribution in [0.15, 0.2) is 17.8 Å². The largest absolute Gasteiger partial charge is 0.496 e. The van der Waals surface area contributed by atoms with Gasteiger partial charge in [0.1, 0.15) is 23.1 Å². The van der Waals surface area contributed by atoms with Gasteiger partial charge < -0.3 is 23.7 Å². The number of benzene rings is 1. The number of hydrogen-bond donors (Lipinski definition) is 0. The molecule has 4 rings (SSSR count). The summed E-state index contributed by atoms with van der Waals surface area (Å²) in [6.07, 6.45) is 0.488. The highest BCUT2D eigenvalue weighted by molar-refractivity contribution is 5.99. The summed E-state index contributed by atoms with van der Waals surface area (Å²) in [6.45, 7) is 8.63. The number of esters is 2. The van der Waals surface area contributed by atoms with E-state index < -0.39 is 59.7 Å². The Morgan fingerprint density at radius 3 is 2.18 bits per heavy atom. The summed E-state index contributed by atoms with van der Waals surface area (Å²) in [6, 6.07) is 0.113. The Labute approximate surface area is 221 Å². The lowest BCUT2D eigenvalue weighted by atomic mass is 9.87. The fraction of sp³-hybridized carbons (Fsp3) is 0.556. The second kappa shape index (κ2) is 9.85. The van der Waals surface area contributed by atoms with Crippen LogP contribution in [0.25, 0.3) is 6.08 Å². The van der Waals surface area contributed by atoms with Crippen molar-refractivity contribution >= 4 is 30.0 Å². The second-order valence-electron chi connectivity index (χ2n) is 10.7. The van der Waals surface area contributed by atoms with Crippen LogP contribution in [-0.4, -0.2) is 78.9 Å². The van der Waals surface area contributed by atoms with Crippen molar-refractivity contribution in [3.63, 3.8) is 0 Å². The Morgan fingerprint density at radius 1 is 1.00 bits per heavy atom. The Hall–Kier alpha value is -3.76. The van der Waals surface area contributed by atoms with Crippen molar-refractivity contribution in [3.8, 4) is 11.5 Å². The fourth-order valence-electron chi connectivity index (χ4n) is 5.40. The molecule has 0 aliphatic carbocycles. The van der Waals surface area contributed by atoms with Gasteiger partial charge in [0.05, 0.1) is 39.4 Å². The Morgan fingerprint density at radius 2 is 1.63 bits per heavy atom. The number of piperazine rings is 1. The molecule has 11 heteroatoms. The SMILES string of the molecule is COC(=O)[C@H]1c2c(OC)ccc(OC)c2C=C2[C@@H]3[C@@H](C(=O)OC(C)(C)C)C[C@H](C(=O)N21)N3C(=O)OC(C)C. The molecule has 0 aromatic heterocycles. The predicted molar refractivity (Wildman–Crippen MR) is 134 cm³/mol. The first-order valence-corrected chi connectivity index (χ1v) is 12.4. The van der Waals surface area contributed by atoms with Gasteiger partial charge in [-0.1, -0.05) is 0 Å². The van der Waals surface area contributed by atoms with Crippen molar-refractivity contribution in [2.45, 2.75) is 70.9 Å². The van der Waals surface area contributed by atoms with Crippen LogP contribution >= 0.6 is 0 Å². The third kappa shape index (κ3) is 4.43. The molecule has 3 heterocycles. The first kappa shape index (κ1) is 27.3. The summed E-state index contributed by atoms with van der Waals surface area (Å²) >= 11 is 0. The average Bonchev–Trinajstić information content (AvgIpc) is 3.20. The minimum atomic E-state index is -1.22. The van der Waals surface area contributed by atoms with Gasteiger partial charge in [-0.3, -0.25) is 19.4 Å². The van der Waals surface area contributed by atoms with E-state index in [4.69, 9.17) is 23.7 Å². The zero-order valence-electron chi connectivity index (χ0n) is 22.9. The summed E-state index contributed by atoms with van der Waals surface area (Å²) in [4.78, 5) is 56.7. The molecule has 2 bridgehead atoms. The van der Waals surface area contributed by atoms with Gasteiger partial charge in [-0.2, -0.15) is 0 Å². The summed E-state index contributed by atoms with van der Waals surface area (Å²) in [7, 11) is 4.17. The number of carbonyl (C=O) groups excluding carboxylic acids is 4. The maximum Gasteiger partial charge on any atom is 0.411 e. The van der Waals surface area contributed by atoms with Crippen LogP contribution in [0.4, 0.5) is 4.79 Å². The first-order valence-electron chi connectivity index (χ1n) is 12.4. The lowest BCUT2D eigenvalue weighted by Crippen LogP contribution is -2.61. The number of fused-ring (bicyclic) bond motifs is 5. The molecule has 0 radical (unpaired) electrons. The zero-order valence-corrected chi connectivity index (χ0v) is 22.9. The highest BCUT2D eigenvalue weighted by Crippen LogP contribution is 2.52. The molecule has 0 spiro atoms. The molecule has 3 aliphatic rings. The van der Waals surface area contributed by atoms with E-state index in [-0.39, 0.29) is 12.1 Å². The molecule has 0 saturated carbocycles. The normalized spacial score (nSPS) is 23.8. The molecule has 206 valence electrons. The lowest BCUT2D eigenvalue weighted by Gasteiger charge is -2.47. The Balaban J connectivity index is 1.97. The summed E-state index contributed by atoms with van der Waals surface area (Å²) < 4.78 is 27.4. The molecule has 0 N–H and O–H groups in total. The lowest BCUT2D eigenvalue weighted by molar-refractivity contribution is -0.161. The van der Waals surface area contributed by atoms with Gasteiger partial charge in [0.25, 0.3) is 5.91 Å². The van der Waals surface area contributed by atoms with Crippen molar-refractivity contribution in [1.29, 1.82) is 0 Å². The number of carbonyl (C=O) groups is 4. The minimum absolute atomic E-state index is 0.0119. The fourth-order valence-corrected chi connectivity index (χ4v) is 5.40. The maximum absolute atomic E-state index is 14.1. The summed E-state index contributed by atoms with van der Waals surface area (Å²) in [5.41, 5.74) is 0.350. The van der Waals surface area contributed by atoms with Crippen LogP contribution in [0.5, 0.6) is 11.5 Å². The zero-order chi connectivity index (χ0) is 28.1. The van der Waals surface area contributed by atoms with Crippen molar-refractivity contribution < 1.29 is 42.9 Å². The second-order valence-corrected chi connectivity index (χ2v) is 10.7. The van der Waals surface area contributed by atoms with E-state index in [0.717, 1.165) is 0 Å². The smallest absolute Gasteiger partial charge is 0.411 e. The number of hydrogen-bond acceptors (Lipinski definition) is 9. The van der Waals surface area contributed by atoms with E-state index in [2.05, 4.69) is 0 Å². The van der Waals surface area contributed by atoms with E-state index in [1.54, 1.807) is 52.8 Å². The van der Waals surface area contributed by atoms with Gasteiger partial charge >= 0.3 is 18.0 Å². The van der Waals surface area contributed by atoms with Crippen molar-refractivity contribution in [3.05, 3.63) is 29.0 Å². The molecule has 2 saturated heterocycles. The minimum Gasteiger partial charge on any atom is -0.496 e. The van der Waals surface area contributed by atoms with E-state index >= 15 is 0 Å². The van der Waals surface area contributed by atoms with E-state index in [0.29, 0.717) is 22.6 Å². The highest BCUT2D eigenvalue weighted by atomic mass is 16.6. The van der Waals surface area contributed by atoms with Crippen LogP contribution in [0.1, 0.15) is 58.2 Å². The number of nitrogens with zero attached hydrogens (tertiary/aromatic N) is 2. The van der Waals surface area contributed by atoms with Crippen molar-refractivity contribution in [1.82, 2.24) is 9.80 Å². The molecule has 11 nitrogen and oxygen atoms in total. The van der Waals surface area contributed by atoms with Gasteiger partial charge in [0, 0.05) is 16.8 Å².